The summed E-state index contributed by atoms with van der Waals surface area (Å²) in [6.07, 6.45) is 6.64. The number of fused-ring (bicyclic) bond motifs is 1. The van der Waals surface area contributed by atoms with Crippen LogP contribution in [0.25, 0.3) is 17.0 Å². The van der Waals surface area contributed by atoms with Gasteiger partial charge in [0.2, 0.25) is 5.88 Å². The molecule has 3 aromatic heterocycles. The van der Waals surface area contributed by atoms with Crippen LogP contribution in [0.15, 0.2) is 12.4 Å². The number of carboxylic acids is 1. The van der Waals surface area contributed by atoms with E-state index in [-0.39, 0.29) is 22.5 Å². The molecule has 0 spiro atoms. The normalized spacial score (nSPS) is 20.2. The molecule has 1 saturated carbocycles. The lowest BCUT2D eigenvalue weighted by Crippen LogP contribution is -2.18. The van der Waals surface area contributed by atoms with E-state index in [4.69, 9.17) is 5.11 Å². The quantitative estimate of drug-likeness (QED) is 0.719. The maximum Gasteiger partial charge on any atom is 0.338 e. The molecule has 10 heteroatoms. The van der Waals surface area contributed by atoms with Crippen molar-refractivity contribution in [3.05, 3.63) is 23.9 Å². The van der Waals surface area contributed by atoms with Crippen molar-refractivity contribution in [2.24, 2.45) is 11.8 Å². The summed E-state index contributed by atoms with van der Waals surface area (Å²) in [5, 5.41) is 27.1. The van der Waals surface area contributed by atoms with Crippen molar-refractivity contribution in [3.8, 4) is 11.8 Å². The molecule has 3 aromatic rings. The molecule has 0 unspecified atom stereocenters. The number of halogens is 1. The van der Waals surface area contributed by atoms with Crippen LogP contribution >= 0.6 is 0 Å². The van der Waals surface area contributed by atoms with Gasteiger partial charge in [-0.3, -0.25) is 4.68 Å². The Hall–Kier alpha value is -3.04. The van der Waals surface area contributed by atoms with Gasteiger partial charge in [-0.05, 0) is 24.7 Å². The second-order valence-corrected chi connectivity index (χ2v) is 7.12. The molecule has 4 rings (SSSR count). The molecular weight excluding hydrogens is 355 g/mol. The lowest BCUT2D eigenvalue weighted by Gasteiger charge is -2.26. The van der Waals surface area contributed by atoms with E-state index in [9.17, 15) is 14.3 Å². The van der Waals surface area contributed by atoms with Gasteiger partial charge >= 0.3 is 5.97 Å². The lowest BCUT2D eigenvalue weighted by atomic mass is 9.83. The molecule has 1 aliphatic rings. The second kappa shape index (κ2) is 6.60. The van der Waals surface area contributed by atoms with Gasteiger partial charge in [0.05, 0.1) is 11.8 Å². The zero-order valence-corrected chi connectivity index (χ0v) is 14.7. The molecule has 0 bridgehead atoms. The summed E-state index contributed by atoms with van der Waals surface area (Å²) in [6, 6.07) is 0. The van der Waals surface area contributed by atoms with E-state index in [1.165, 1.54) is 10.9 Å². The minimum atomic E-state index is -1.16. The van der Waals surface area contributed by atoms with Crippen molar-refractivity contribution in [3.63, 3.8) is 0 Å². The summed E-state index contributed by atoms with van der Waals surface area (Å²) in [5.74, 6) is -1.44. The van der Waals surface area contributed by atoms with Gasteiger partial charge < -0.3 is 10.2 Å². The molecule has 0 aliphatic heterocycles. The van der Waals surface area contributed by atoms with Crippen molar-refractivity contribution in [1.82, 2.24) is 29.5 Å². The summed E-state index contributed by atoms with van der Waals surface area (Å²) in [4.78, 5) is 19.0. The maximum absolute atomic E-state index is 14.4. The number of aromatic nitrogens is 6. The largest absolute Gasteiger partial charge is 0.492 e. The summed E-state index contributed by atoms with van der Waals surface area (Å²) in [7, 11) is 0. The molecule has 0 saturated heterocycles. The molecule has 3 heterocycles. The van der Waals surface area contributed by atoms with Crippen LogP contribution in [-0.2, 0) is 6.54 Å². The Morgan fingerprint density at radius 3 is 2.70 bits per heavy atom. The van der Waals surface area contributed by atoms with E-state index < -0.39 is 17.8 Å². The standard InChI is InChI=1S/C17H19FN6O3/c1-9-2-4-10(5-3-9)7-23-13-12(14(18)22-23)20-17(21-15(13)25)24-8-11(6-19-24)16(26)27/h6,8-10H,2-5,7H2,1H3,(H,26,27)(H,20,21,25)/t9-,10-. The fourth-order valence-electron chi connectivity index (χ4n) is 3.55. The van der Waals surface area contributed by atoms with E-state index in [0.717, 1.165) is 36.6 Å². The molecule has 0 amide bonds. The summed E-state index contributed by atoms with van der Waals surface area (Å²) < 4.78 is 16.9. The highest BCUT2D eigenvalue weighted by Crippen LogP contribution is 2.31. The number of hydrogen-bond donors (Lipinski definition) is 2. The third-order valence-corrected chi connectivity index (χ3v) is 5.12. The number of carboxylic acid groups (broad SMARTS) is 1. The average molecular weight is 374 g/mol. The molecule has 9 nitrogen and oxygen atoms in total. The Labute approximate surface area is 153 Å². The van der Waals surface area contributed by atoms with Gasteiger partial charge in [0.25, 0.3) is 11.9 Å². The predicted octanol–water partition coefficient (Wildman–Crippen LogP) is 2.38. The third kappa shape index (κ3) is 3.22. The number of aromatic carboxylic acids is 1. The zero-order chi connectivity index (χ0) is 19.1. The highest BCUT2D eigenvalue weighted by Gasteiger charge is 2.24. The number of hydrogen-bond acceptors (Lipinski definition) is 6. The molecule has 142 valence electrons. The first kappa shape index (κ1) is 17.4. The molecule has 2 N–H and O–H groups in total. The molecule has 0 atom stereocenters. The minimum absolute atomic E-state index is 0.0686. The Balaban J connectivity index is 1.69. The van der Waals surface area contributed by atoms with Gasteiger partial charge in [-0.25, -0.2) is 14.5 Å². The third-order valence-electron chi connectivity index (χ3n) is 5.12. The van der Waals surface area contributed by atoms with Crippen molar-refractivity contribution in [1.29, 1.82) is 0 Å². The number of aromatic hydroxyl groups is 1. The molecule has 27 heavy (non-hydrogen) atoms. The van der Waals surface area contributed by atoms with Gasteiger partial charge in [-0.2, -0.15) is 14.5 Å². The van der Waals surface area contributed by atoms with Crippen LogP contribution < -0.4 is 0 Å². The lowest BCUT2D eigenvalue weighted by molar-refractivity contribution is 0.0697. The van der Waals surface area contributed by atoms with Gasteiger partial charge in [0, 0.05) is 12.7 Å². The first-order valence-electron chi connectivity index (χ1n) is 8.83. The van der Waals surface area contributed by atoms with Crippen molar-refractivity contribution < 1.29 is 19.4 Å². The first-order valence-corrected chi connectivity index (χ1v) is 8.83. The Morgan fingerprint density at radius 2 is 2.04 bits per heavy atom. The summed E-state index contributed by atoms with van der Waals surface area (Å²) in [5.41, 5.74) is -0.0459. The number of carbonyl (C=O) groups is 1. The van der Waals surface area contributed by atoms with E-state index in [2.05, 4.69) is 27.1 Å². The average Bonchev–Trinajstić information content (AvgIpc) is 3.23. The van der Waals surface area contributed by atoms with Crippen LogP contribution in [0.2, 0.25) is 0 Å². The molecule has 1 fully saturated rings. The van der Waals surface area contributed by atoms with Crippen LogP contribution in [0.3, 0.4) is 0 Å². The first-order chi connectivity index (χ1) is 12.9. The number of nitrogens with zero attached hydrogens (tertiary/aromatic N) is 6. The van der Waals surface area contributed by atoms with E-state index in [1.54, 1.807) is 0 Å². The Kier molecular flexibility index (Phi) is 4.25. The molecule has 1 aliphatic carbocycles. The van der Waals surface area contributed by atoms with Crippen LogP contribution in [0, 0.1) is 17.8 Å². The van der Waals surface area contributed by atoms with E-state index in [0.29, 0.717) is 18.4 Å². The van der Waals surface area contributed by atoms with Crippen LogP contribution in [0.5, 0.6) is 5.88 Å². The van der Waals surface area contributed by atoms with Gasteiger partial charge in [-0.15, -0.1) is 5.10 Å². The smallest absolute Gasteiger partial charge is 0.338 e. The van der Waals surface area contributed by atoms with Crippen molar-refractivity contribution in [2.45, 2.75) is 39.2 Å². The molecular formula is C17H19FN6O3. The highest BCUT2D eigenvalue weighted by molar-refractivity contribution is 5.87. The topological polar surface area (TPSA) is 119 Å². The predicted molar refractivity (Wildman–Crippen MR) is 92.1 cm³/mol. The maximum atomic E-state index is 14.4. The Morgan fingerprint density at radius 1 is 1.30 bits per heavy atom. The number of rotatable bonds is 4. The van der Waals surface area contributed by atoms with Gasteiger partial charge in [0.1, 0.15) is 0 Å². The van der Waals surface area contributed by atoms with Crippen molar-refractivity contribution >= 4 is 17.0 Å². The summed E-state index contributed by atoms with van der Waals surface area (Å²) in [6.45, 7) is 2.72. The van der Waals surface area contributed by atoms with Crippen LogP contribution in [0.1, 0.15) is 43.0 Å². The van der Waals surface area contributed by atoms with E-state index in [1.807, 2.05) is 0 Å². The second-order valence-electron chi connectivity index (χ2n) is 7.12. The SMILES string of the molecule is C[C@H]1CC[C@H](Cn2nc(F)c3nc(-n4cc(C(=O)O)cn4)nc(O)c32)CC1. The molecule has 0 radical (unpaired) electrons. The van der Waals surface area contributed by atoms with E-state index >= 15 is 0 Å². The summed E-state index contributed by atoms with van der Waals surface area (Å²) >= 11 is 0. The van der Waals surface area contributed by atoms with Gasteiger partial charge in [-0.1, -0.05) is 19.8 Å². The fourth-order valence-corrected chi connectivity index (χ4v) is 3.55. The van der Waals surface area contributed by atoms with Crippen LogP contribution in [-0.4, -0.2) is 45.7 Å². The zero-order valence-electron chi connectivity index (χ0n) is 14.7. The monoisotopic (exact) mass is 374 g/mol. The Bertz CT molecular complexity index is 1010. The highest BCUT2D eigenvalue weighted by atomic mass is 19.1. The van der Waals surface area contributed by atoms with Crippen LogP contribution in [0.4, 0.5) is 4.39 Å². The molecule has 0 aromatic carbocycles. The van der Waals surface area contributed by atoms with Crippen molar-refractivity contribution in [2.75, 3.05) is 0 Å². The minimum Gasteiger partial charge on any atom is -0.492 e. The van der Waals surface area contributed by atoms with Gasteiger partial charge in [0.15, 0.2) is 11.0 Å². The fraction of sp³-hybridized carbons (Fsp3) is 0.471.